The van der Waals surface area contributed by atoms with Crippen molar-refractivity contribution in [1.29, 1.82) is 0 Å². The number of para-hydroxylation sites is 2. The lowest BCUT2D eigenvalue weighted by Gasteiger charge is -2.11. The number of benzene rings is 3. The number of aromatic amines is 1. The van der Waals surface area contributed by atoms with Crippen LogP contribution < -0.4 is 5.32 Å². The highest BCUT2D eigenvalue weighted by Gasteiger charge is 2.14. The molecule has 1 heterocycles. The summed E-state index contributed by atoms with van der Waals surface area (Å²) in [7, 11) is 0. The maximum Gasteiger partial charge on any atom is 0.257 e. The number of imidazole rings is 1. The molecule has 0 unspecified atom stereocenters. The summed E-state index contributed by atoms with van der Waals surface area (Å²) in [5.74, 6) is 0.530. The van der Waals surface area contributed by atoms with Crippen molar-refractivity contribution >= 4 is 56.8 Å². The quantitative estimate of drug-likeness (QED) is 0.346. The van der Waals surface area contributed by atoms with Gasteiger partial charge in [-0.15, -0.1) is 0 Å². The van der Waals surface area contributed by atoms with Gasteiger partial charge in [0.1, 0.15) is 5.82 Å². The summed E-state index contributed by atoms with van der Waals surface area (Å²) >= 11 is 8.35. The van der Waals surface area contributed by atoms with E-state index in [1.165, 1.54) is 0 Å². The van der Waals surface area contributed by atoms with Gasteiger partial charge in [-0.1, -0.05) is 35.9 Å². The number of rotatable bonds is 3. The molecule has 4 rings (SSSR count). The van der Waals surface area contributed by atoms with Gasteiger partial charge in [0.2, 0.25) is 0 Å². The third-order valence-corrected chi connectivity index (χ3v) is 5.32. The number of amides is 1. The van der Waals surface area contributed by atoms with Crippen LogP contribution in [0, 0.1) is 10.5 Å². The Kier molecular flexibility index (Phi) is 4.88. The zero-order valence-electron chi connectivity index (χ0n) is 14.4. The third-order valence-electron chi connectivity index (χ3n) is 4.32. The second-order valence-corrected chi connectivity index (χ2v) is 7.86. The van der Waals surface area contributed by atoms with Crippen molar-refractivity contribution in [2.75, 3.05) is 5.32 Å². The molecule has 0 spiro atoms. The number of anilines is 1. The molecule has 0 aliphatic rings. The Hall–Kier alpha value is -2.38. The van der Waals surface area contributed by atoms with Crippen LogP contribution in [0.1, 0.15) is 15.9 Å². The van der Waals surface area contributed by atoms with E-state index < -0.39 is 0 Å². The first-order chi connectivity index (χ1) is 13.0. The zero-order valence-corrected chi connectivity index (χ0v) is 17.3. The predicted molar refractivity (Wildman–Crippen MR) is 118 cm³/mol. The zero-order chi connectivity index (χ0) is 19.0. The molecule has 3 aromatic carbocycles. The smallest absolute Gasteiger partial charge is 0.257 e. The first-order valence-electron chi connectivity index (χ1n) is 8.33. The Bertz CT molecular complexity index is 1140. The monoisotopic (exact) mass is 487 g/mol. The summed E-state index contributed by atoms with van der Waals surface area (Å²) in [6.07, 6.45) is 0. The van der Waals surface area contributed by atoms with Crippen molar-refractivity contribution in [3.8, 4) is 11.4 Å². The molecular formula is C21H15ClIN3O. The van der Waals surface area contributed by atoms with Crippen LogP contribution in [-0.2, 0) is 0 Å². The lowest BCUT2D eigenvalue weighted by atomic mass is 10.1. The molecule has 0 saturated heterocycles. The number of nitrogens with one attached hydrogen (secondary N) is 2. The van der Waals surface area contributed by atoms with Gasteiger partial charge in [-0.3, -0.25) is 4.79 Å². The highest BCUT2D eigenvalue weighted by molar-refractivity contribution is 14.1. The minimum Gasteiger partial charge on any atom is -0.338 e. The molecule has 27 heavy (non-hydrogen) atoms. The number of carbonyl (C=O) groups excluding carboxylic acids is 1. The SMILES string of the molecule is Cc1ccc(-c2nc3ccccc3[nH]2)cc1NC(=O)c1cc(I)ccc1Cl. The van der Waals surface area contributed by atoms with E-state index in [4.69, 9.17) is 11.6 Å². The Morgan fingerprint density at radius 2 is 1.93 bits per heavy atom. The molecule has 1 amide bonds. The van der Waals surface area contributed by atoms with Gasteiger partial charge in [0, 0.05) is 14.8 Å². The van der Waals surface area contributed by atoms with Gasteiger partial charge in [-0.25, -0.2) is 4.98 Å². The lowest BCUT2D eigenvalue weighted by Crippen LogP contribution is -2.13. The van der Waals surface area contributed by atoms with Crippen molar-refractivity contribution in [3.63, 3.8) is 0 Å². The number of nitrogens with zero attached hydrogens (tertiary/aromatic N) is 1. The van der Waals surface area contributed by atoms with Gasteiger partial charge in [0.25, 0.3) is 5.91 Å². The molecule has 0 fully saturated rings. The Balaban J connectivity index is 1.68. The number of halogens is 2. The van der Waals surface area contributed by atoms with E-state index in [0.29, 0.717) is 10.6 Å². The van der Waals surface area contributed by atoms with Crippen molar-refractivity contribution in [1.82, 2.24) is 9.97 Å². The van der Waals surface area contributed by atoms with Crippen LogP contribution >= 0.6 is 34.2 Å². The summed E-state index contributed by atoms with van der Waals surface area (Å²) in [6.45, 7) is 1.95. The van der Waals surface area contributed by atoms with Crippen molar-refractivity contribution in [3.05, 3.63) is 80.4 Å². The van der Waals surface area contributed by atoms with E-state index >= 15 is 0 Å². The van der Waals surface area contributed by atoms with Gasteiger partial charge in [0.05, 0.1) is 21.6 Å². The molecule has 0 saturated carbocycles. The molecule has 0 atom stereocenters. The largest absolute Gasteiger partial charge is 0.338 e. The van der Waals surface area contributed by atoms with Crippen LogP contribution in [0.25, 0.3) is 22.4 Å². The van der Waals surface area contributed by atoms with E-state index in [9.17, 15) is 4.79 Å². The van der Waals surface area contributed by atoms with Crippen molar-refractivity contribution in [2.24, 2.45) is 0 Å². The predicted octanol–water partition coefficient (Wildman–Crippen LogP) is 6.05. The number of fused-ring (bicyclic) bond motifs is 1. The van der Waals surface area contributed by atoms with E-state index in [1.54, 1.807) is 12.1 Å². The first kappa shape index (κ1) is 18.0. The Labute approximate surface area is 175 Å². The van der Waals surface area contributed by atoms with Crippen LogP contribution in [0.2, 0.25) is 5.02 Å². The molecule has 134 valence electrons. The van der Waals surface area contributed by atoms with Gasteiger partial charge < -0.3 is 10.3 Å². The van der Waals surface area contributed by atoms with Gasteiger partial charge in [0.15, 0.2) is 0 Å². The topological polar surface area (TPSA) is 57.8 Å². The molecule has 0 aliphatic carbocycles. The summed E-state index contributed by atoms with van der Waals surface area (Å²) in [6, 6.07) is 19.1. The molecule has 0 radical (unpaired) electrons. The normalized spacial score (nSPS) is 10.9. The maximum atomic E-state index is 12.7. The van der Waals surface area contributed by atoms with Gasteiger partial charge in [-0.2, -0.15) is 0 Å². The molecule has 4 nitrogen and oxygen atoms in total. The van der Waals surface area contributed by atoms with E-state index in [-0.39, 0.29) is 5.91 Å². The molecule has 0 bridgehead atoms. The minimum atomic E-state index is -0.233. The molecule has 0 aliphatic heterocycles. The van der Waals surface area contributed by atoms with E-state index in [2.05, 4.69) is 37.9 Å². The average molecular weight is 488 g/mol. The van der Waals surface area contributed by atoms with Crippen LogP contribution in [0.15, 0.2) is 60.7 Å². The number of hydrogen-bond acceptors (Lipinski definition) is 2. The van der Waals surface area contributed by atoms with Crippen LogP contribution in [0.4, 0.5) is 5.69 Å². The number of aryl methyl sites for hydroxylation is 1. The Morgan fingerprint density at radius 1 is 1.11 bits per heavy atom. The minimum absolute atomic E-state index is 0.233. The van der Waals surface area contributed by atoms with Gasteiger partial charge in [-0.05, 0) is 71.5 Å². The maximum absolute atomic E-state index is 12.7. The third kappa shape index (κ3) is 3.70. The van der Waals surface area contributed by atoms with Crippen LogP contribution in [0.3, 0.4) is 0 Å². The van der Waals surface area contributed by atoms with Crippen LogP contribution in [-0.4, -0.2) is 15.9 Å². The number of H-pyrrole nitrogens is 1. The highest BCUT2D eigenvalue weighted by Crippen LogP contribution is 2.27. The van der Waals surface area contributed by atoms with E-state index in [1.807, 2.05) is 55.5 Å². The number of hydrogen-bond donors (Lipinski definition) is 2. The highest BCUT2D eigenvalue weighted by atomic mass is 127. The standard InChI is InChI=1S/C21H15ClIN3O/c1-12-6-7-13(20-24-17-4-2-3-5-18(17)25-20)10-19(12)26-21(27)15-11-14(23)8-9-16(15)22/h2-11H,1H3,(H,24,25)(H,26,27). The van der Waals surface area contributed by atoms with Crippen molar-refractivity contribution < 1.29 is 4.79 Å². The fourth-order valence-corrected chi connectivity index (χ4v) is 3.55. The molecule has 1 aromatic heterocycles. The number of aromatic nitrogens is 2. The average Bonchev–Trinajstić information content (AvgIpc) is 3.09. The molecular weight excluding hydrogens is 473 g/mol. The summed E-state index contributed by atoms with van der Waals surface area (Å²) < 4.78 is 0.954. The number of carbonyl (C=O) groups is 1. The first-order valence-corrected chi connectivity index (χ1v) is 9.79. The van der Waals surface area contributed by atoms with Gasteiger partial charge >= 0.3 is 0 Å². The molecule has 2 N–H and O–H groups in total. The van der Waals surface area contributed by atoms with Crippen LogP contribution in [0.5, 0.6) is 0 Å². The lowest BCUT2D eigenvalue weighted by molar-refractivity contribution is 0.102. The fraction of sp³-hybridized carbons (Fsp3) is 0.0476. The summed E-state index contributed by atoms with van der Waals surface area (Å²) in [4.78, 5) is 20.6. The molecule has 6 heteroatoms. The molecule has 4 aromatic rings. The fourth-order valence-electron chi connectivity index (χ4n) is 2.85. The second-order valence-electron chi connectivity index (χ2n) is 6.21. The van der Waals surface area contributed by atoms with E-state index in [0.717, 1.165) is 37.2 Å². The van der Waals surface area contributed by atoms with Crippen molar-refractivity contribution in [2.45, 2.75) is 6.92 Å². The summed E-state index contributed by atoms with van der Waals surface area (Å²) in [5, 5.41) is 3.40. The summed E-state index contributed by atoms with van der Waals surface area (Å²) in [5.41, 5.74) is 4.93. The Morgan fingerprint density at radius 3 is 2.74 bits per heavy atom. The second kappa shape index (κ2) is 7.32.